The SMILES string of the molecule is CCOC(=O)c1cccc(COc2c(C)cc(C=NCCN3CCCCC3)cc2OC)c1. The van der Waals surface area contributed by atoms with Crippen LogP contribution in [0.15, 0.2) is 41.4 Å². The molecule has 3 rings (SSSR count). The first-order valence-corrected chi connectivity index (χ1v) is 11.4. The Labute approximate surface area is 191 Å². The van der Waals surface area contributed by atoms with E-state index in [9.17, 15) is 4.79 Å². The molecule has 6 nitrogen and oxygen atoms in total. The van der Waals surface area contributed by atoms with Gasteiger partial charge in [0.15, 0.2) is 11.5 Å². The number of nitrogens with zero attached hydrogens (tertiary/aromatic N) is 2. The molecule has 172 valence electrons. The summed E-state index contributed by atoms with van der Waals surface area (Å²) in [6.07, 6.45) is 5.86. The molecule has 1 aliphatic heterocycles. The van der Waals surface area contributed by atoms with Crippen molar-refractivity contribution in [3.63, 3.8) is 0 Å². The van der Waals surface area contributed by atoms with E-state index in [1.54, 1.807) is 26.2 Å². The number of rotatable bonds is 10. The molecule has 0 saturated carbocycles. The van der Waals surface area contributed by atoms with E-state index in [2.05, 4.69) is 16.0 Å². The summed E-state index contributed by atoms with van der Waals surface area (Å²) in [6, 6.07) is 11.3. The molecule has 6 heteroatoms. The molecule has 0 spiro atoms. The van der Waals surface area contributed by atoms with Gasteiger partial charge in [0.05, 0.1) is 25.8 Å². The first-order valence-electron chi connectivity index (χ1n) is 11.4. The standard InChI is InChI=1S/C26H34N2O4/c1-4-31-26(29)23-10-8-9-21(16-23)19-32-25-20(2)15-22(17-24(25)30-3)18-27-11-14-28-12-6-5-7-13-28/h8-10,15-18H,4-7,11-14,19H2,1-3H3. The van der Waals surface area contributed by atoms with Crippen molar-refractivity contribution in [2.75, 3.05) is 39.9 Å². The Kier molecular flexibility index (Phi) is 9.11. The highest BCUT2D eigenvalue weighted by molar-refractivity contribution is 5.89. The Balaban J connectivity index is 1.61. The number of ether oxygens (including phenoxy) is 3. The van der Waals surface area contributed by atoms with Crippen LogP contribution in [-0.2, 0) is 11.3 Å². The maximum atomic E-state index is 12.0. The molecule has 1 heterocycles. The van der Waals surface area contributed by atoms with E-state index >= 15 is 0 Å². The van der Waals surface area contributed by atoms with Crippen LogP contribution in [0, 0.1) is 6.92 Å². The topological polar surface area (TPSA) is 60.4 Å². The van der Waals surface area contributed by atoms with E-state index < -0.39 is 0 Å². The lowest BCUT2D eigenvalue weighted by Crippen LogP contribution is -2.31. The molecule has 0 unspecified atom stereocenters. The van der Waals surface area contributed by atoms with Crippen molar-refractivity contribution in [3.8, 4) is 11.5 Å². The van der Waals surface area contributed by atoms with Crippen molar-refractivity contribution in [3.05, 3.63) is 58.7 Å². The predicted octanol–water partition coefficient (Wildman–Crippen LogP) is 4.66. The molecule has 1 fully saturated rings. The second-order valence-corrected chi connectivity index (χ2v) is 8.02. The van der Waals surface area contributed by atoms with E-state index in [-0.39, 0.29) is 5.97 Å². The van der Waals surface area contributed by atoms with Gasteiger partial charge in [-0.1, -0.05) is 18.6 Å². The molecule has 0 bridgehead atoms. The predicted molar refractivity (Wildman–Crippen MR) is 127 cm³/mol. The highest BCUT2D eigenvalue weighted by Crippen LogP contribution is 2.32. The molecule has 0 N–H and O–H groups in total. The van der Waals surface area contributed by atoms with Gasteiger partial charge >= 0.3 is 5.97 Å². The molecule has 0 amide bonds. The minimum Gasteiger partial charge on any atom is -0.493 e. The van der Waals surface area contributed by atoms with Crippen LogP contribution < -0.4 is 9.47 Å². The van der Waals surface area contributed by atoms with Gasteiger partial charge in [-0.05, 0) is 80.7 Å². The van der Waals surface area contributed by atoms with Gasteiger partial charge in [0.2, 0.25) is 0 Å². The highest BCUT2D eigenvalue weighted by atomic mass is 16.5. The van der Waals surface area contributed by atoms with Crippen LogP contribution in [0.4, 0.5) is 0 Å². The third kappa shape index (κ3) is 6.82. The van der Waals surface area contributed by atoms with Gasteiger partial charge < -0.3 is 19.1 Å². The lowest BCUT2D eigenvalue weighted by atomic mass is 10.1. The smallest absolute Gasteiger partial charge is 0.338 e. The van der Waals surface area contributed by atoms with Crippen molar-refractivity contribution < 1.29 is 19.0 Å². The van der Waals surface area contributed by atoms with Gasteiger partial charge in [0, 0.05) is 12.8 Å². The second kappa shape index (κ2) is 12.2. The van der Waals surface area contributed by atoms with Crippen LogP contribution in [-0.4, -0.2) is 57.0 Å². The molecule has 32 heavy (non-hydrogen) atoms. The van der Waals surface area contributed by atoms with E-state index in [1.807, 2.05) is 31.3 Å². The summed E-state index contributed by atoms with van der Waals surface area (Å²) < 4.78 is 16.7. The number of aryl methyl sites for hydroxylation is 1. The molecule has 0 atom stereocenters. The summed E-state index contributed by atoms with van der Waals surface area (Å²) in [7, 11) is 1.64. The Morgan fingerprint density at radius 2 is 1.97 bits per heavy atom. The molecule has 0 radical (unpaired) electrons. The highest BCUT2D eigenvalue weighted by Gasteiger charge is 2.12. The number of hydrogen-bond donors (Lipinski definition) is 0. The van der Waals surface area contributed by atoms with Crippen LogP contribution in [0.5, 0.6) is 11.5 Å². The molecular formula is C26H34N2O4. The number of carbonyl (C=O) groups excluding carboxylic acids is 1. The van der Waals surface area contributed by atoms with E-state index in [0.717, 1.165) is 29.8 Å². The largest absolute Gasteiger partial charge is 0.493 e. The molecule has 0 aromatic heterocycles. The molecule has 1 saturated heterocycles. The van der Waals surface area contributed by atoms with Crippen molar-refractivity contribution >= 4 is 12.2 Å². The van der Waals surface area contributed by atoms with E-state index in [0.29, 0.717) is 30.3 Å². The number of esters is 1. The van der Waals surface area contributed by atoms with Gasteiger partial charge in [-0.25, -0.2) is 4.79 Å². The zero-order valence-corrected chi connectivity index (χ0v) is 19.4. The molecular weight excluding hydrogens is 404 g/mol. The number of aliphatic imine (C=N–C) groups is 1. The summed E-state index contributed by atoms with van der Waals surface area (Å²) in [4.78, 5) is 19.1. The van der Waals surface area contributed by atoms with Crippen LogP contribution in [0.25, 0.3) is 0 Å². The number of likely N-dealkylation sites (tertiary alicyclic amines) is 1. The summed E-state index contributed by atoms with van der Waals surface area (Å²) in [5.41, 5.74) is 3.38. The number of hydrogen-bond acceptors (Lipinski definition) is 6. The summed E-state index contributed by atoms with van der Waals surface area (Å²) in [5, 5.41) is 0. The summed E-state index contributed by atoms with van der Waals surface area (Å²) >= 11 is 0. The van der Waals surface area contributed by atoms with E-state index in [4.69, 9.17) is 14.2 Å². The fourth-order valence-corrected chi connectivity index (χ4v) is 3.89. The molecule has 0 aliphatic carbocycles. The summed E-state index contributed by atoms with van der Waals surface area (Å²) in [5.74, 6) is 1.04. The maximum absolute atomic E-state index is 12.0. The fraction of sp³-hybridized carbons (Fsp3) is 0.462. The fourth-order valence-electron chi connectivity index (χ4n) is 3.89. The minimum absolute atomic E-state index is 0.327. The van der Waals surface area contributed by atoms with Gasteiger partial charge in [0.1, 0.15) is 6.61 Å². The zero-order valence-electron chi connectivity index (χ0n) is 19.4. The van der Waals surface area contributed by atoms with Crippen LogP contribution in [0.3, 0.4) is 0 Å². The van der Waals surface area contributed by atoms with Crippen molar-refractivity contribution in [1.82, 2.24) is 4.90 Å². The zero-order chi connectivity index (χ0) is 22.8. The number of piperidine rings is 1. The van der Waals surface area contributed by atoms with Crippen molar-refractivity contribution in [1.29, 1.82) is 0 Å². The van der Waals surface area contributed by atoms with Gasteiger partial charge in [-0.2, -0.15) is 0 Å². The van der Waals surface area contributed by atoms with Crippen LogP contribution in [0.2, 0.25) is 0 Å². The lowest BCUT2D eigenvalue weighted by Gasteiger charge is -2.25. The van der Waals surface area contributed by atoms with Crippen LogP contribution >= 0.6 is 0 Å². The van der Waals surface area contributed by atoms with E-state index in [1.165, 1.54) is 32.4 Å². The Bertz CT molecular complexity index is 920. The first-order chi connectivity index (χ1) is 15.6. The van der Waals surface area contributed by atoms with Gasteiger partial charge in [-0.3, -0.25) is 4.99 Å². The Morgan fingerprint density at radius 1 is 1.16 bits per heavy atom. The monoisotopic (exact) mass is 438 g/mol. The van der Waals surface area contributed by atoms with Gasteiger partial charge in [-0.15, -0.1) is 0 Å². The average molecular weight is 439 g/mol. The quantitative estimate of drug-likeness (QED) is 0.399. The third-order valence-corrected chi connectivity index (χ3v) is 5.54. The van der Waals surface area contributed by atoms with Crippen molar-refractivity contribution in [2.45, 2.75) is 39.7 Å². The summed E-state index contributed by atoms with van der Waals surface area (Å²) in [6.45, 7) is 8.67. The molecule has 2 aromatic rings. The lowest BCUT2D eigenvalue weighted by molar-refractivity contribution is 0.0526. The average Bonchev–Trinajstić information content (AvgIpc) is 2.82. The molecule has 2 aromatic carbocycles. The maximum Gasteiger partial charge on any atom is 0.338 e. The van der Waals surface area contributed by atoms with Crippen molar-refractivity contribution in [2.24, 2.45) is 4.99 Å². The van der Waals surface area contributed by atoms with Gasteiger partial charge in [0.25, 0.3) is 0 Å². The Morgan fingerprint density at radius 3 is 2.72 bits per heavy atom. The molecule has 1 aliphatic rings. The number of benzene rings is 2. The normalized spacial score (nSPS) is 14.5. The minimum atomic E-state index is -0.327. The Hall–Kier alpha value is -2.86. The number of methoxy groups -OCH3 is 1. The third-order valence-electron chi connectivity index (χ3n) is 5.54. The number of carbonyl (C=O) groups is 1. The first kappa shape index (κ1) is 23.8. The van der Waals surface area contributed by atoms with Crippen LogP contribution in [0.1, 0.15) is 53.2 Å². The second-order valence-electron chi connectivity index (χ2n) is 8.02.